The molecular formula is C25H34N2O8. The van der Waals surface area contributed by atoms with Crippen LogP contribution in [0.1, 0.15) is 44.1 Å². The van der Waals surface area contributed by atoms with Gasteiger partial charge in [0, 0.05) is 0 Å². The van der Waals surface area contributed by atoms with Crippen LogP contribution in [0.3, 0.4) is 0 Å². The van der Waals surface area contributed by atoms with E-state index in [9.17, 15) is 24.6 Å². The zero-order chi connectivity index (χ0) is 26.6. The van der Waals surface area contributed by atoms with Gasteiger partial charge in [-0.1, -0.05) is 60.7 Å². The highest BCUT2D eigenvalue weighted by Gasteiger charge is 2.32. The fraction of sp³-hybridized carbons (Fsp3) is 0.400. The van der Waals surface area contributed by atoms with Gasteiger partial charge in [0.25, 0.3) is 0 Å². The number of carbonyl (C=O) groups is 3. The number of ether oxygens (including phenoxy) is 3. The smallest absolute Gasteiger partial charge is 0.408 e. The van der Waals surface area contributed by atoms with Gasteiger partial charge >= 0.3 is 18.0 Å². The maximum Gasteiger partial charge on any atom is 0.408 e. The van der Waals surface area contributed by atoms with E-state index in [1.165, 1.54) is 14.2 Å². The van der Waals surface area contributed by atoms with Crippen LogP contribution < -0.4 is 11.1 Å². The van der Waals surface area contributed by atoms with Crippen molar-refractivity contribution in [3.63, 3.8) is 0 Å². The Morgan fingerprint density at radius 3 is 1.63 bits per heavy atom. The van der Waals surface area contributed by atoms with Crippen LogP contribution in [0, 0.1) is 0 Å². The Bertz CT molecular complexity index is 931. The molecule has 0 fully saturated rings. The highest BCUT2D eigenvalue weighted by Crippen LogP contribution is 2.18. The molecular weight excluding hydrogens is 456 g/mol. The first-order valence-corrected chi connectivity index (χ1v) is 10.8. The molecule has 0 spiro atoms. The van der Waals surface area contributed by atoms with Crippen molar-refractivity contribution in [2.24, 2.45) is 5.73 Å². The van der Waals surface area contributed by atoms with Crippen molar-refractivity contribution in [3.8, 4) is 0 Å². The lowest BCUT2D eigenvalue weighted by atomic mass is 10.0. The number of hydrogen-bond acceptors (Lipinski definition) is 9. The third kappa shape index (κ3) is 10.1. The van der Waals surface area contributed by atoms with Gasteiger partial charge in [-0.05, 0) is 31.9 Å². The second kappa shape index (κ2) is 14.1. The number of nitrogens with one attached hydrogen (secondary N) is 1. The topological polar surface area (TPSA) is 157 Å². The van der Waals surface area contributed by atoms with Crippen LogP contribution in [-0.2, 0) is 23.8 Å². The molecule has 0 aliphatic heterocycles. The van der Waals surface area contributed by atoms with E-state index in [2.05, 4.69) is 14.8 Å². The van der Waals surface area contributed by atoms with Crippen molar-refractivity contribution in [2.45, 2.75) is 50.7 Å². The first kappa shape index (κ1) is 29.6. The van der Waals surface area contributed by atoms with Crippen molar-refractivity contribution in [1.82, 2.24) is 5.32 Å². The zero-order valence-electron chi connectivity index (χ0n) is 20.5. The van der Waals surface area contributed by atoms with Gasteiger partial charge in [0.2, 0.25) is 0 Å². The molecule has 0 saturated heterocycles. The fourth-order valence-corrected chi connectivity index (χ4v) is 2.79. The third-order valence-corrected chi connectivity index (χ3v) is 4.54. The van der Waals surface area contributed by atoms with Crippen molar-refractivity contribution >= 4 is 18.0 Å². The van der Waals surface area contributed by atoms with Gasteiger partial charge in [-0.3, -0.25) is 4.79 Å². The number of aliphatic hydroxyl groups is 2. The van der Waals surface area contributed by atoms with Gasteiger partial charge in [-0.2, -0.15) is 0 Å². The number of nitrogens with two attached hydrogens (primary N) is 1. The van der Waals surface area contributed by atoms with Crippen LogP contribution in [0.25, 0.3) is 0 Å². The van der Waals surface area contributed by atoms with Crippen LogP contribution in [0.5, 0.6) is 0 Å². The minimum Gasteiger partial charge on any atom is -0.468 e. The number of hydrogen-bond donors (Lipinski definition) is 4. The van der Waals surface area contributed by atoms with Crippen LogP contribution in [-0.4, -0.2) is 60.1 Å². The Labute approximate surface area is 205 Å². The number of methoxy groups -OCH3 is 2. The summed E-state index contributed by atoms with van der Waals surface area (Å²) in [4.78, 5) is 34.6. The minimum atomic E-state index is -1.24. The number of benzene rings is 2. The molecule has 192 valence electrons. The molecule has 5 N–H and O–H groups in total. The quantitative estimate of drug-likeness (QED) is 0.336. The zero-order valence-corrected chi connectivity index (χ0v) is 20.5. The summed E-state index contributed by atoms with van der Waals surface area (Å²) in [6.45, 7) is 5.11. The molecule has 0 aliphatic carbocycles. The van der Waals surface area contributed by atoms with E-state index in [0.29, 0.717) is 11.1 Å². The summed E-state index contributed by atoms with van der Waals surface area (Å²) in [6.07, 6.45) is -3.05. The van der Waals surface area contributed by atoms with Crippen LogP contribution >= 0.6 is 0 Å². The molecule has 4 unspecified atom stereocenters. The van der Waals surface area contributed by atoms with Gasteiger partial charge in [-0.15, -0.1) is 0 Å². The van der Waals surface area contributed by atoms with Crippen molar-refractivity contribution in [3.05, 3.63) is 71.8 Å². The summed E-state index contributed by atoms with van der Waals surface area (Å²) in [6, 6.07) is 15.0. The van der Waals surface area contributed by atoms with Gasteiger partial charge in [-0.25, -0.2) is 9.59 Å². The second-order valence-corrected chi connectivity index (χ2v) is 8.41. The average Bonchev–Trinajstić information content (AvgIpc) is 2.85. The molecule has 2 aromatic carbocycles. The lowest BCUT2D eigenvalue weighted by Crippen LogP contribution is -2.47. The molecule has 2 rings (SSSR count). The molecule has 35 heavy (non-hydrogen) atoms. The second-order valence-electron chi connectivity index (χ2n) is 8.41. The van der Waals surface area contributed by atoms with Crippen LogP contribution in [0.4, 0.5) is 4.79 Å². The van der Waals surface area contributed by atoms with Crippen molar-refractivity contribution in [1.29, 1.82) is 0 Å². The lowest BCUT2D eigenvalue weighted by molar-refractivity contribution is -0.146. The van der Waals surface area contributed by atoms with Crippen LogP contribution in [0.15, 0.2) is 60.7 Å². The summed E-state index contributed by atoms with van der Waals surface area (Å²) in [5.41, 5.74) is 5.86. The number of esters is 2. The van der Waals surface area contributed by atoms with E-state index < -0.39 is 47.9 Å². The first-order chi connectivity index (χ1) is 16.4. The summed E-state index contributed by atoms with van der Waals surface area (Å²) < 4.78 is 14.1. The maximum atomic E-state index is 11.8. The molecule has 0 radical (unpaired) electrons. The highest BCUT2D eigenvalue weighted by molar-refractivity contribution is 5.82. The summed E-state index contributed by atoms with van der Waals surface area (Å²) in [7, 11) is 2.42. The molecule has 10 heteroatoms. The van der Waals surface area contributed by atoms with Gasteiger partial charge in [0.1, 0.15) is 23.9 Å². The molecule has 4 atom stereocenters. The monoisotopic (exact) mass is 490 g/mol. The fourth-order valence-electron chi connectivity index (χ4n) is 2.79. The Hall–Kier alpha value is -3.47. The van der Waals surface area contributed by atoms with Gasteiger partial charge in [0.05, 0.1) is 14.2 Å². The predicted octanol–water partition coefficient (Wildman–Crippen LogP) is 2.01. The number of carbonyl (C=O) groups excluding carboxylic acids is 3. The molecule has 10 nitrogen and oxygen atoms in total. The van der Waals surface area contributed by atoms with E-state index in [1.54, 1.807) is 75.4 Å². The largest absolute Gasteiger partial charge is 0.468 e. The van der Waals surface area contributed by atoms with E-state index >= 15 is 0 Å². The summed E-state index contributed by atoms with van der Waals surface area (Å²) in [5, 5.41) is 22.3. The van der Waals surface area contributed by atoms with Gasteiger partial charge in [0.15, 0.2) is 6.04 Å². The molecule has 0 aromatic heterocycles. The number of alkyl carbamates (subject to hydrolysis) is 1. The Balaban J connectivity index is 0.000000379. The van der Waals surface area contributed by atoms with Crippen molar-refractivity contribution in [2.75, 3.05) is 14.2 Å². The normalized spacial score (nSPS) is 14.2. The van der Waals surface area contributed by atoms with E-state index in [0.717, 1.165) is 0 Å². The first-order valence-electron chi connectivity index (χ1n) is 10.8. The van der Waals surface area contributed by atoms with E-state index in [4.69, 9.17) is 10.5 Å². The molecule has 2 aromatic rings. The summed E-state index contributed by atoms with van der Waals surface area (Å²) >= 11 is 0. The highest BCUT2D eigenvalue weighted by atomic mass is 16.6. The molecule has 0 saturated carbocycles. The average molecular weight is 491 g/mol. The Kier molecular flexibility index (Phi) is 11.9. The lowest BCUT2D eigenvalue weighted by Gasteiger charge is -2.25. The maximum absolute atomic E-state index is 11.8. The molecule has 0 bridgehead atoms. The van der Waals surface area contributed by atoms with Crippen LogP contribution in [0.2, 0.25) is 0 Å². The minimum absolute atomic E-state index is 0.490. The molecule has 0 aliphatic rings. The number of amides is 1. The number of aliphatic hydroxyl groups excluding tert-OH is 2. The standard InChI is InChI=1S/C15H21NO5.C10H13NO3/c1-15(2,3)21-14(19)16-11(13(18)20-4)12(17)10-8-6-5-7-9-10;1-14-10(13)8(11)9(12)7-5-3-2-4-6-7/h5-9,11-12,17H,1-4H3,(H,16,19);2-6,8-9,12H,11H2,1H3. The Morgan fingerprint density at radius 1 is 0.800 bits per heavy atom. The van der Waals surface area contributed by atoms with Crippen molar-refractivity contribution < 1.29 is 38.8 Å². The number of rotatable bonds is 7. The molecule has 1 amide bonds. The third-order valence-electron chi connectivity index (χ3n) is 4.54. The van der Waals surface area contributed by atoms with Gasteiger partial charge < -0.3 is 35.5 Å². The summed E-state index contributed by atoms with van der Waals surface area (Å²) in [5.74, 6) is -1.38. The SMILES string of the molecule is COC(=O)C(N)C(O)c1ccccc1.COC(=O)C(NC(=O)OC(C)(C)C)C(O)c1ccccc1. The van der Waals surface area contributed by atoms with E-state index in [1.807, 2.05) is 6.07 Å². The van der Waals surface area contributed by atoms with E-state index in [-0.39, 0.29) is 0 Å². The Morgan fingerprint density at radius 2 is 1.23 bits per heavy atom. The predicted molar refractivity (Wildman–Crippen MR) is 128 cm³/mol. The molecule has 0 heterocycles.